The molecule has 1 aromatic carbocycles. The van der Waals surface area contributed by atoms with Gasteiger partial charge in [-0.25, -0.2) is 0 Å². The van der Waals surface area contributed by atoms with E-state index in [-0.39, 0.29) is 0 Å². The first-order valence-corrected chi connectivity index (χ1v) is 6.96. The molecule has 1 fully saturated rings. The number of halogens is 1. The van der Waals surface area contributed by atoms with Gasteiger partial charge in [0, 0.05) is 46.9 Å². The van der Waals surface area contributed by atoms with Crippen LogP contribution in [0.25, 0.3) is 0 Å². The quantitative estimate of drug-likeness (QED) is 0.825. The van der Waals surface area contributed by atoms with Gasteiger partial charge in [0.2, 0.25) is 0 Å². The Morgan fingerprint density at radius 1 is 1.56 bits per heavy atom. The molecule has 0 aliphatic carbocycles. The van der Waals surface area contributed by atoms with E-state index in [1.165, 1.54) is 5.75 Å². The van der Waals surface area contributed by atoms with E-state index in [0.717, 1.165) is 35.9 Å². The molecule has 1 aliphatic rings. The molecule has 1 saturated heterocycles. The van der Waals surface area contributed by atoms with Crippen molar-refractivity contribution in [3.8, 4) is 0 Å². The highest BCUT2D eigenvalue weighted by atomic mass is 35.5. The van der Waals surface area contributed by atoms with E-state index < -0.39 is 0 Å². The molecule has 2 nitrogen and oxygen atoms in total. The van der Waals surface area contributed by atoms with Crippen LogP contribution in [0.4, 0.5) is 5.69 Å². The smallest absolute Gasteiger partial charge is 0.0471 e. The maximum Gasteiger partial charge on any atom is 0.0471 e. The summed E-state index contributed by atoms with van der Waals surface area (Å²) >= 11 is 8.21. The summed E-state index contributed by atoms with van der Waals surface area (Å²) in [5.74, 6) is 1.20. The van der Waals surface area contributed by atoms with Gasteiger partial charge in [-0.3, -0.25) is 4.90 Å². The lowest BCUT2D eigenvalue weighted by Crippen LogP contribution is -2.36. The topological polar surface area (TPSA) is 29.3 Å². The van der Waals surface area contributed by atoms with Crippen molar-refractivity contribution in [3.63, 3.8) is 0 Å². The van der Waals surface area contributed by atoms with Crippen molar-refractivity contribution < 1.29 is 0 Å². The molecule has 2 rings (SSSR count). The molecular weight excluding hydrogens is 240 g/mol. The number of nitrogens with zero attached hydrogens (tertiary/aromatic N) is 1. The van der Waals surface area contributed by atoms with Crippen LogP contribution in [0.2, 0.25) is 5.02 Å². The Labute approximate surface area is 106 Å². The number of nitrogens with two attached hydrogens (primary N) is 1. The summed E-state index contributed by atoms with van der Waals surface area (Å²) in [6.07, 6.45) is 0. The van der Waals surface area contributed by atoms with E-state index in [9.17, 15) is 0 Å². The number of nitrogen functional groups attached to an aromatic ring is 1. The van der Waals surface area contributed by atoms with Crippen LogP contribution in [0.1, 0.15) is 12.5 Å². The molecule has 1 heterocycles. The van der Waals surface area contributed by atoms with Crippen LogP contribution in [0.3, 0.4) is 0 Å². The number of hydrogen-bond acceptors (Lipinski definition) is 3. The Balaban J connectivity index is 2.08. The predicted molar refractivity (Wildman–Crippen MR) is 73.1 cm³/mol. The van der Waals surface area contributed by atoms with E-state index in [4.69, 9.17) is 17.3 Å². The Morgan fingerprint density at radius 2 is 2.38 bits per heavy atom. The average molecular weight is 257 g/mol. The summed E-state index contributed by atoms with van der Waals surface area (Å²) < 4.78 is 0. The lowest BCUT2D eigenvalue weighted by atomic mass is 10.1. The second-order valence-electron chi connectivity index (χ2n) is 4.22. The fourth-order valence-electron chi connectivity index (χ4n) is 2.00. The largest absolute Gasteiger partial charge is 0.398 e. The van der Waals surface area contributed by atoms with Gasteiger partial charge in [0.25, 0.3) is 0 Å². The highest BCUT2D eigenvalue weighted by Crippen LogP contribution is 2.26. The van der Waals surface area contributed by atoms with E-state index in [1.54, 1.807) is 0 Å². The third kappa shape index (κ3) is 2.84. The van der Waals surface area contributed by atoms with Gasteiger partial charge in [0.1, 0.15) is 0 Å². The first-order chi connectivity index (χ1) is 7.66. The average Bonchev–Trinajstić information content (AvgIpc) is 2.24. The minimum Gasteiger partial charge on any atom is -0.398 e. The third-order valence-corrected chi connectivity index (χ3v) is 4.35. The molecule has 1 atom stereocenters. The molecule has 88 valence electrons. The van der Waals surface area contributed by atoms with Gasteiger partial charge in [0.05, 0.1) is 0 Å². The molecule has 0 spiro atoms. The first-order valence-electron chi connectivity index (χ1n) is 5.53. The normalized spacial score (nSPS) is 22.2. The second kappa shape index (κ2) is 5.30. The van der Waals surface area contributed by atoms with E-state index in [2.05, 4.69) is 11.8 Å². The zero-order valence-corrected chi connectivity index (χ0v) is 11.0. The van der Waals surface area contributed by atoms with Crippen molar-refractivity contribution in [1.82, 2.24) is 4.90 Å². The predicted octanol–water partition coefficient (Wildman–Crippen LogP) is 2.86. The van der Waals surface area contributed by atoms with Gasteiger partial charge in [-0.2, -0.15) is 11.8 Å². The van der Waals surface area contributed by atoms with Crippen molar-refractivity contribution in [3.05, 3.63) is 28.8 Å². The van der Waals surface area contributed by atoms with Crippen LogP contribution in [-0.4, -0.2) is 29.0 Å². The molecule has 0 aromatic heterocycles. The second-order valence-corrected chi connectivity index (χ2v) is 6.18. The number of benzene rings is 1. The summed E-state index contributed by atoms with van der Waals surface area (Å²) in [5.41, 5.74) is 7.83. The Kier molecular flexibility index (Phi) is 4.00. The molecule has 0 saturated carbocycles. The van der Waals surface area contributed by atoms with Crippen LogP contribution in [-0.2, 0) is 6.54 Å². The number of anilines is 1. The monoisotopic (exact) mass is 256 g/mol. The van der Waals surface area contributed by atoms with Crippen LogP contribution < -0.4 is 5.73 Å². The highest BCUT2D eigenvalue weighted by Gasteiger charge is 2.18. The molecule has 4 heteroatoms. The molecule has 1 unspecified atom stereocenters. The van der Waals surface area contributed by atoms with Gasteiger partial charge in [-0.05, 0) is 12.1 Å². The Morgan fingerprint density at radius 3 is 3.06 bits per heavy atom. The van der Waals surface area contributed by atoms with Crippen molar-refractivity contribution in [2.45, 2.75) is 18.7 Å². The molecule has 0 radical (unpaired) electrons. The summed E-state index contributed by atoms with van der Waals surface area (Å²) in [4.78, 5) is 2.43. The van der Waals surface area contributed by atoms with E-state index in [1.807, 2.05) is 30.0 Å². The lowest BCUT2D eigenvalue weighted by molar-refractivity contribution is 0.279. The molecular formula is C12H17ClN2S. The first kappa shape index (κ1) is 12.1. The van der Waals surface area contributed by atoms with Crippen LogP contribution in [0.5, 0.6) is 0 Å². The summed E-state index contributed by atoms with van der Waals surface area (Å²) in [7, 11) is 0. The summed E-state index contributed by atoms with van der Waals surface area (Å²) in [6.45, 7) is 5.39. The van der Waals surface area contributed by atoms with Crippen LogP contribution >= 0.6 is 23.4 Å². The van der Waals surface area contributed by atoms with Crippen molar-refractivity contribution in [2.75, 3.05) is 24.6 Å². The number of rotatable bonds is 2. The van der Waals surface area contributed by atoms with Crippen LogP contribution in [0, 0.1) is 0 Å². The van der Waals surface area contributed by atoms with Gasteiger partial charge < -0.3 is 5.73 Å². The maximum atomic E-state index is 6.17. The molecule has 0 amide bonds. The maximum absolute atomic E-state index is 6.17. The molecule has 2 N–H and O–H groups in total. The highest BCUT2D eigenvalue weighted by molar-refractivity contribution is 7.99. The molecule has 0 bridgehead atoms. The zero-order chi connectivity index (χ0) is 11.5. The molecule has 16 heavy (non-hydrogen) atoms. The van der Waals surface area contributed by atoms with Gasteiger partial charge >= 0.3 is 0 Å². The minimum atomic E-state index is 0.706. The zero-order valence-electron chi connectivity index (χ0n) is 9.45. The van der Waals surface area contributed by atoms with Gasteiger partial charge in [-0.15, -0.1) is 0 Å². The van der Waals surface area contributed by atoms with Crippen molar-refractivity contribution >= 4 is 29.1 Å². The Hall–Kier alpha value is -0.380. The number of hydrogen-bond donors (Lipinski definition) is 1. The summed E-state index contributed by atoms with van der Waals surface area (Å²) in [6, 6.07) is 5.73. The molecule has 1 aliphatic heterocycles. The SMILES string of the molecule is CC1CN(Cc2c(N)cccc2Cl)CCS1. The van der Waals surface area contributed by atoms with Crippen LogP contribution in [0.15, 0.2) is 18.2 Å². The lowest BCUT2D eigenvalue weighted by Gasteiger charge is -2.31. The van der Waals surface area contributed by atoms with Crippen molar-refractivity contribution in [2.24, 2.45) is 0 Å². The summed E-state index contributed by atoms with van der Waals surface area (Å²) in [5, 5.41) is 1.49. The third-order valence-electron chi connectivity index (χ3n) is 2.86. The fraction of sp³-hybridized carbons (Fsp3) is 0.500. The Bertz CT molecular complexity index is 350. The van der Waals surface area contributed by atoms with Gasteiger partial charge in [-0.1, -0.05) is 24.6 Å². The standard InChI is InChI=1S/C12H17ClN2S/c1-9-7-15(5-6-16-9)8-10-11(13)3-2-4-12(10)14/h2-4,9H,5-8,14H2,1H3. The fourth-order valence-corrected chi connectivity index (χ4v) is 3.32. The van der Waals surface area contributed by atoms with E-state index in [0.29, 0.717) is 5.25 Å². The van der Waals surface area contributed by atoms with Crippen molar-refractivity contribution in [1.29, 1.82) is 0 Å². The van der Waals surface area contributed by atoms with E-state index >= 15 is 0 Å². The number of thioether (sulfide) groups is 1. The minimum absolute atomic E-state index is 0.706. The molecule has 1 aromatic rings. The van der Waals surface area contributed by atoms with Gasteiger partial charge in [0.15, 0.2) is 0 Å².